The minimum Gasteiger partial charge on any atom is -0.465 e. The lowest BCUT2D eigenvalue weighted by atomic mass is 10.1. The van der Waals surface area contributed by atoms with Crippen molar-refractivity contribution in [2.24, 2.45) is 0 Å². The summed E-state index contributed by atoms with van der Waals surface area (Å²) in [6.45, 7) is 8.23. The van der Waals surface area contributed by atoms with Crippen molar-refractivity contribution in [2.75, 3.05) is 7.11 Å². The predicted molar refractivity (Wildman–Crippen MR) is 80.7 cm³/mol. The van der Waals surface area contributed by atoms with Crippen LogP contribution < -0.4 is 0 Å². The van der Waals surface area contributed by atoms with Crippen molar-refractivity contribution in [1.29, 1.82) is 0 Å². The monoisotopic (exact) mass is 271 g/mol. The lowest BCUT2D eigenvalue weighted by Crippen LogP contribution is -2.07. The molecule has 0 aliphatic rings. The van der Waals surface area contributed by atoms with Gasteiger partial charge in [0.25, 0.3) is 0 Å². The molecule has 0 aliphatic heterocycles. The number of esters is 1. The Morgan fingerprint density at radius 1 is 1.25 bits per heavy atom. The Bertz CT molecular complexity index is 653. The van der Waals surface area contributed by atoms with Crippen molar-refractivity contribution >= 4 is 5.97 Å². The van der Waals surface area contributed by atoms with Gasteiger partial charge < -0.3 is 9.30 Å². The first-order valence-electron chi connectivity index (χ1n) is 6.87. The zero-order chi connectivity index (χ0) is 14.9. The number of para-hydroxylation sites is 1. The molecule has 3 heteroatoms. The van der Waals surface area contributed by atoms with Gasteiger partial charge in [0.05, 0.1) is 18.4 Å². The van der Waals surface area contributed by atoms with Gasteiger partial charge in [-0.3, -0.25) is 0 Å². The quantitative estimate of drug-likeness (QED) is 0.796. The molecule has 2 rings (SSSR count). The molecular weight excluding hydrogens is 250 g/mol. The molecule has 0 amide bonds. The Hall–Kier alpha value is -2.03. The highest BCUT2D eigenvalue weighted by atomic mass is 16.5. The van der Waals surface area contributed by atoms with Crippen molar-refractivity contribution in [3.05, 3.63) is 52.3 Å². The van der Waals surface area contributed by atoms with Crippen LogP contribution in [-0.4, -0.2) is 17.6 Å². The Kier molecular flexibility index (Phi) is 3.98. The summed E-state index contributed by atoms with van der Waals surface area (Å²) in [4.78, 5) is 11.8. The second-order valence-corrected chi connectivity index (χ2v) is 5.05. The van der Waals surface area contributed by atoms with Crippen LogP contribution in [0.15, 0.2) is 24.3 Å². The third-order valence-electron chi connectivity index (χ3n) is 3.76. The van der Waals surface area contributed by atoms with Crippen LogP contribution in [-0.2, 0) is 11.2 Å². The smallest absolute Gasteiger partial charge is 0.339 e. The number of benzene rings is 1. The van der Waals surface area contributed by atoms with E-state index in [1.165, 1.54) is 23.9 Å². The van der Waals surface area contributed by atoms with E-state index in [-0.39, 0.29) is 5.97 Å². The standard InChI is InChI=1S/C17H21NO2/c1-6-14-9-7-8-11(2)16(14)18-12(3)10-15(13(18)4)17(19)20-5/h7-10H,6H2,1-5H3. The molecule has 0 radical (unpaired) electrons. The van der Waals surface area contributed by atoms with Crippen molar-refractivity contribution < 1.29 is 9.53 Å². The van der Waals surface area contributed by atoms with Gasteiger partial charge in [0.1, 0.15) is 0 Å². The van der Waals surface area contributed by atoms with Crippen molar-refractivity contribution in [3.63, 3.8) is 0 Å². The lowest BCUT2D eigenvalue weighted by molar-refractivity contribution is 0.0600. The second-order valence-electron chi connectivity index (χ2n) is 5.05. The number of hydrogen-bond acceptors (Lipinski definition) is 2. The minimum absolute atomic E-state index is 0.281. The molecule has 0 N–H and O–H groups in total. The van der Waals surface area contributed by atoms with Crippen molar-refractivity contribution in [3.8, 4) is 5.69 Å². The topological polar surface area (TPSA) is 31.2 Å². The van der Waals surface area contributed by atoms with Crippen LogP contribution in [0, 0.1) is 20.8 Å². The molecule has 0 bridgehead atoms. The molecule has 2 aromatic rings. The molecule has 1 heterocycles. The Morgan fingerprint density at radius 2 is 1.95 bits per heavy atom. The maximum atomic E-state index is 11.8. The van der Waals surface area contributed by atoms with Crippen LogP contribution in [0.5, 0.6) is 0 Å². The average Bonchev–Trinajstić information content (AvgIpc) is 2.73. The molecule has 0 saturated carbocycles. The maximum absolute atomic E-state index is 11.8. The van der Waals surface area contributed by atoms with Gasteiger partial charge in [-0.05, 0) is 44.4 Å². The zero-order valence-electron chi connectivity index (χ0n) is 12.8. The van der Waals surface area contributed by atoms with Crippen LogP contribution in [0.1, 0.15) is 39.8 Å². The Balaban J connectivity index is 2.71. The lowest BCUT2D eigenvalue weighted by Gasteiger charge is -2.17. The van der Waals surface area contributed by atoms with Gasteiger partial charge in [-0.2, -0.15) is 0 Å². The Morgan fingerprint density at radius 3 is 2.55 bits per heavy atom. The van der Waals surface area contributed by atoms with E-state index in [0.717, 1.165) is 17.8 Å². The van der Waals surface area contributed by atoms with E-state index in [1.807, 2.05) is 19.9 Å². The molecule has 20 heavy (non-hydrogen) atoms. The summed E-state index contributed by atoms with van der Waals surface area (Å²) >= 11 is 0. The van der Waals surface area contributed by atoms with Gasteiger partial charge in [-0.1, -0.05) is 25.1 Å². The fourth-order valence-electron chi connectivity index (χ4n) is 2.75. The first kappa shape index (κ1) is 14.4. The summed E-state index contributed by atoms with van der Waals surface area (Å²) in [6, 6.07) is 8.21. The van der Waals surface area contributed by atoms with Gasteiger partial charge in [-0.15, -0.1) is 0 Å². The molecular formula is C17H21NO2. The molecule has 0 fully saturated rings. The molecule has 106 valence electrons. The van der Waals surface area contributed by atoms with Crippen molar-refractivity contribution in [2.45, 2.75) is 34.1 Å². The third kappa shape index (κ3) is 2.24. The van der Waals surface area contributed by atoms with Crippen LogP contribution in [0.4, 0.5) is 0 Å². The molecule has 3 nitrogen and oxygen atoms in total. The number of carbonyl (C=O) groups excluding carboxylic acids is 1. The van der Waals surface area contributed by atoms with Gasteiger partial charge >= 0.3 is 5.97 Å². The summed E-state index contributed by atoms with van der Waals surface area (Å²) in [5, 5.41) is 0. The molecule has 0 saturated heterocycles. The van der Waals surface area contributed by atoms with Crippen LogP contribution >= 0.6 is 0 Å². The molecule has 0 unspecified atom stereocenters. The number of aryl methyl sites for hydroxylation is 3. The molecule has 0 aliphatic carbocycles. The summed E-state index contributed by atoms with van der Waals surface area (Å²) in [5.74, 6) is -0.281. The first-order chi connectivity index (χ1) is 9.51. The molecule has 0 spiro atoms. The number of aromatic nitrogens is 1. The molecule has 1 aromatic carbocycles. The van der Waals surface area contributed by atoms with E-state index < -0.39 is 0 Å². The van der Waals surface area contributed by atoms with E-state index in [2.05, 4.69) is 36.6 Å². The maximum Gasteiger partial charge on any atom is 0.339 e. The highest BCUT2D eigenvalue weighted by molar-refractivity contribution is 5.91. The van der Waals surface area contributed by atoms with Crippen LogP contribution in [0.2, 0.25) is 0 Å². The fraction of sp³-hybridized carbons (Fsp3) is 0.353. The highest BCUT2D eigenvalue weighted by Crippen LogP contribution is 2.27. The van der Waals surface area contributed by atoms with E-state index in [9.17, 15) is 4.79 Å². The van der Waals surface area contributed by atoms with E-state index >= 15 is 0 Å². The first-order valence-corrected chi connectivity index (χ1v) is 6.87. The number of hydrogen-bond donors (Lipinski definition) is 0. The predicted octanol–water partition coefficient (Wildman–Crippen LogP) is 3.75. The van der Waals surface area contributed by atoms with E-state index in [0.29, 0.717) is 5.56 Å². The van der Waals surface area contributed by atoms with Gasteiger partial charge in [0, 0.05) is 11.4 Å². The number of ether oxygens (including phenoxy) is 1. The molecule has 0 atom stereocenters. The average molecular weight is 271 g/mol. The largest absolute Gasteiger partial charge is 0.465 e. The summed E-state index contributed by atoms with van der Waals surface area (Å²) in [7, 11) is 1.42. The normalized spacial score (nSPS) is 10.7. The van der Waals surface area contributed by atoms with Crippen LogP contribution in [0.25, 0.3) is 5.69 Å². The van der Waals surface area contributed by atoms with Crippen LogP contribution in [0.3, 0.4) is 0 Å². The minimum atomic E-state index is -0.281. The highest BCUT2D eigenvalue weighted by Gasteiger charge is 2.19. The van der Waals surface area contributed by atoms with Gasteiger partial charge in [0.2, 0.25) is 0 Å². The Labute approximate surface area is 120 Å². The fourth-order valence-corrected chi connectivity index (χ4v) is 2.75. The summed E-state index contributed by atoms with van der Waals surface area (Å²) < 4.78 is 7.01. The SMILES string of the molecule is CCc1cccc(C)c1-n1c(C)cc(C(=O)OC)c1C. The summed E-state index contributed by atoms with van der Waals surface area (Å²) in [6.07, 6.45) is 0.960. The van der Waals surface area contributed by atoms with Crippen molar-refractivity contribution in [1.82, 2.24) is 4.57 Å². The van der Waals surface area contributed by atoms with E-state index in [1.54, 1.807) is 0 Å². The van der Waals surface area contributed by atoms with E-state index in [4.69, 9.17) is 4.74 Å². The van der Waals surface area contributed by atoms with Gasteiger partial charge in [-0.25, -0.2) is 4.79 Å². The van der Waals surface area contributed by atoms with Gasteiger partial charge in [0.15, 0.2) is 0 Å². The molecule has 1 aromatic heterocycles. The number of nitrogens with zero attached hydrogens (tertiary/aromatic N) is 1. The summed E-state index contributed by atoms with van der Waals surface area (Å²) in [5.41, 5.74) is 6.28. The second kappa shape index (κ2) is 5.53. The third-order valence-corrected chi connectivity index (χ3v) is 3.76. The zero-order valence-corrected chi connectivity index (χ0v) is 12.8. The number of methoxy groups -OCH3 is 1. The number of rotatable bonds is 3. The number of carbonyl (C=O) groups is 1.